The van der Waals surface area contributed by atoms with E-state index in [2.05, 4.69) is 4.98 Å². The highest BCUT2D eigenvalue weighted by molar-refractivity contribution is 6.30. The molecule has 0 saturated heterocycles. The van der Waals surface area contributed by atoms with Crippen molar-refractivity contribution in [2.75, 3.05) is 0 Å². The lowest BCUT2D eigenvalue weighted by molar-refractivity contribution is -0.386. The van der Waals surface area contributed by atoms with E-state index >= 15 is 0 Å². The Morgan fingerprint density at radius 1 is 1.79 bits per heavy atom. The van der Waals surface area contributed by atoms with Gasteiger partial charge in [-0.15, -0.1) is 0 Å². The number of aromatic nitrogens is 1. The van der Waals surface area contributed by atoms with Crippen LogP contribution in [0.1, 0.15) is 25.1 Å². The predicted octanol–water partition coefficient (Wildman–Crippen LogP) is 2.05. The molecule has 0 radical (unpaired) electrons. The first-order valence-corrected chi connectivity index (χ1v) is 4.49. The van der Waals surface area contributed by atoms with Gasteiger partial charge in [-0.1, -0.05) is 18.5 Å². The first kappa shape index (κ1) is 10.9. The van der Waals surface area contributed by atoms with Crippen molar-refractivity contribution >= 4 is 17.3 Å². The van der Waals surface area contributed by atoms with Crippen LogP contribution in [0.3, 0.4) is 0 Å². The van der Waals surface area contributed by atoms with Crippen LogP contribution >= 0.6 is 11.6 Å². The quantitative estimate of drug-likeness (QED) is 0.618. The molecule has 0 fully saturated rings. The number of hydrogen-bond donors (Lipinski definition) is 1. The van der Waals surface area contributed by atoms with Gasteiger partial charge >= 0.3 is 0 Å². The molecule has 1 aromatic heterocycles. The lowest BCUT2D eigenvalue weighted by Gasteiger charge is -2.07. The molecule has 0 aliphatic rings. The van der Waals surface area contributed by atoms with Crippen LogP contribution in [0, 0.1) is 10.1 Å². The third-order valence-electron chi connectivity index (χ3n) is 1.85. The molecular weight excluding hydrogens is 206 g/mol. The molecule has 6 heteroatoms. The van der Waals surface area contributed by atoms with Gasteiger partial charge in [-0.25, -0.2) is 0 Å². The zero-order chi connectivity index (χ0) is 10.7. The van der Waals surface area contributed by atoms with Crippen molar-refractivity contribution in [3.05, 3.63) is 33.1 Å². The molecule has 1 atom stereocenters. The van der Waals surface area contributed by atoms with Gasteiger partial charge in [0.15, 0.2) is 0 Å². The number of hydrogen-bond acceptors (Lipinski definition) is 4. The molecule has 0 aliphatic heterocycles. The van der Waals surface area contributed by atoms with Gasteiger partial charge in [-0.3, -0.25) is 15.1 Å². The smallest absolute Gasteiger partial charge is 0.293 e. The second-order valence-electron chi connectivity index (χ2n) is 2.83. The summed E-state index contributed by atoms with van der Waals surface area (Å²) in [5, 5.41) is 10.9. The van der Waals surface area contributed by atoms with Crippen LogP contribution in [0.5, 0.6) is 0 Å². The molecule has 0 spiro atoms. The fourth-order valence-electron chi connectivity index (χ4n) is 1.06. The lowest BCUT2D eigenvalue weighted by Crippen LogP contribution is -2.13. The number of halogens is 1. The van der Waals surface area contributed by atoms with Crippen LogP contribution < -0.4 is 5.73 Å². The topological polar surface area (TPSA) is 82.0 Å². The van der Waals surface area contributed by atoms with E-state index in [0.29, 0.717) is 6.42 Å². The fraction of sp³-hybridized carbons (Fsp3) is 0.375. The Morgan fingerprint density at radius 2 is 2.43 bits per heavy atom. The van der Waals surface area contributed by atoms with Crippen LogP contribution in [-0.2, 0) is 0 Å². The monoisotopic (exact) mass is 215 g/mol. The summed E-state index contributed by atoms with van der Waals surface area (Å²) in [6.45, 7) is 1.84. The summed E-state index contributed by atoms with van der Waals surface area (Å²) in [4.78, 5) is 14.0. The van der Waals surface area contributed by atoms with Gasteiger partial charge in [-0.2, -0.15) is 0 Å². The molecule has 1 aromatic rings. The molecular formula is C8H10ClN3O2. The zero-order valence-electron chi connectivity index (χ0n) is 7.61. The summed E-state index contributed by atoms with van der Waals surface area (Å²) in [6.07, 6.45) is 1.95. The SMILES string of the molecule is CC[C@@H](N)c1ncc(Cl)cc1[N+](=O)[O-]. The second-order valence-corrected chi connectivity index (χ2v) is 3.27. The average molecular weight is 216 g/mol. The van der Waals surface area contributed by atoms with Gasteiger partial charge in [-0.05, 0) is 6.42 Å². The highest BCUT2D eigenvalue weighted by Gasteiger charge is 2.20. The highest BCUT2D eigenvalue weighted by atomic mass is 35.5. The first-order chi connectivity index (χ1) is 6.56. The normalized spacial score (nSPS) is 12.5. The summed E-state index contributed by atoms with van der Waals surface area (Å²) < 4.78 is 0. The third kappa shape index (κ3) is 2.18. The summed E-state index contributed by atoms with van der Waals surface area (Å²) in [7, 11) is 0. The Kier molecular flexibility index (Phi) is 3.38. The van der Waals surface area contributed by atoms with E-state index in [1.807, 2.05) is 6.92 Å². The number of nitro groups is 1. The molecule has 5 nitrogen and oxygen atoms in total. The van der Waals surface area contributed by atoms with Crippen molar-refractivity contribution in [3.8, 4) is 0 Å². The van der Waals surface area contributed by atoms with E-state index in [0.717, 1.165) is 0 Å². The van der Waals surface area contributed by atoms with Crippen molar-refractivity contribution < 1.29 is 4.92 Å². The first-order valence-electron chi connectivity index (χ1n) is 4.11. The molecule has 1 heterocycles. The maximum atomic E-state index is 10.6. The summed E-state index contributed by atoms with van der Waals surface area (Å²) in [6, 6.07) is 0.840. The molecule has 14 heavy (non-hydrogen) atoms. The van der Waals surface area contributed by atoms with Crippen LogP contribution in [0.15, 0.2) is 12.3 Å². The largest absolute Gasteiger partial charge is 0.322 e. The van der Waals surface area contributed by atoms with E-state index in [1.165, 1.54) is 12.3 Å². The Morgan fingerprint density at radius 3 is 2.93 bits per heavy atom. The van der Waals surface area contributed by atoms with E-state index in [-0.39, 0.29) is 16.4 Å². The standard InChI is InChI=1S/C8H10ClN3O2/c1-2-6(10)8-7(12(13)14)3-5(9)4-11-8/h3-4,6H,2,10H2,1H3/t6-/m1/s1. The van der Waals surface area contributed by atoms with Crippen LogP contribution in [-0.4, -0.2) is 9.91 Å². The molecule has 76 valence electrons. The van der Waals surface area contributed by atoms with Crippen LogP contribution in [0.25, 0.3) is 0 Å². The zero-order valence-corrected chi connectivity index (χ0v) is 8.36. The maximum Gasteiger partial charge on any atom is 0.293 e. The fourth-order valence-corrected chi connectivity index (χ4v) is 1.22. The average Bonchev–Trinajstić information content (AvgIpc) is 2.16. The molecule has 0 bridgehead atoms. The van der Waals surface area contributed by atoms with Gasteiger partial charge in [0, 0.05) is 12.3 Å². The van der Waals surface area contributed by atoms with Gasteiger partial charge in [0.1, 0.15) is 5.69 Å². The molecule has 0 amide bonds. The molecule has 0 aliphatic carbocycles. The number of rotatable bonds is 3. The minimum atomic E-state index is -0.524. The summed E-state index contributed by atoms with van der Waals surface area (Å²) in [5.74, 6) is 0. The Hall–Kier alpha value is -1.20. The molecule has 2 N–H and O–H groups in total. The minimum Gasteiger partial charge on any atom is -0.322 e. The highest BCUT2D eigenvalue weighted by Crippen LogP contribution is 2.25. The van der Waals surface area contributed by atoms with Gasteiger partial charge in [0.25, 0.3) is 5.69 Å². The van der Waals surface area contributed by atoms with Crippen molar-refractivity contribution in [2.24, 2.45) is 5.73 Å². The van der Waals surface area contributed by atoms with Gasteiger partial charge in [0.2, 0.25) is 0 Å². The van der Waals surface area contributed by atoms with Crippen LogP contribution in [0.4, 0.5) is 5.69 Å². The number of nitrogens with two attached hydrogens (primary N) is 1. The van der Waals surface area contributed by atoms with E-state index < -0.39 is 11.0 Å². The Bertz CT molecular complexity index is 356. The molecule has 1 rings (SSSR count). The van der Waals surface area contributed by atoms with E-state index in [9.17, 15) is 10.1 Å². The maximum absolute atomic E-state index is 10.6. The van der Waals surface area contributed by atoms with E-state index in [1.54, 1.807) is 0 Å². The van der Waals surface area contributed by atoms with Crippen molar-refractivity contribution in [1.29, 1.82) is 0 Å². The van der Waals surface area contributed by atoms with Gasteiger partial charge < -0.3 is 5.73 Å². The van der Waals surface area contributed by atoms with E-state index in [4.69, 9.17) is 17.3 Å². The second kappa shape index (κ2) is 4.34. The summed E-state index contributed by atoms with van der Waals surface area (Å²) in [5.41, 5.74) is 5.83. The molecule has 0 unspecified atom stereocenters. The number of pyridine rings is 1. The van der Waals surface area contributed by atoms with Crippen molar-refractivity contribution in [2.45, 2.75) is 19.4 Å². The number of nitrogens with zero attached hydrogens (tertiary/aromatic N) is 2. The minimum absolute atomic E-state index is 0.119. The van der Waals surface area contributed by atoms with Crippen molar-refractivity contribution in [3.63, 3.8) is 0 Å². The van der Waals surface area contributed by atoms with Gasteiger partial charge in [0.05, 0.1) is 16.0 Å². The molecule has 0 saturated carbocycles. The lowest BCUT2D eigenvalue weighted by atomic mass is 10.1. The Balaban J connectivity index is 3.21. The molecule has 0 aromatic carbocycles. The predicted molar refractivity (Wildman–Crippen MR) is 53.1 cm³/mol. The Labute approximate surface area is 86.0 Å². The van der Waals surface area contributed by atoms with Crippen LogP contribution in [0.2, 0.25) is 5.02 Å². The summed E-state index contributed by atoms with van der Waals surface area (Å²) >= 11 is 5.60. The third-order valence-corrected chi connectivity index (χ3v) is 2.06. The van der Waals surface area contributed by atoms with Crippen molar-refractivity contribution in [1.82, 2.24) is 4.98 Å².